The number of nitrogens with one attached hydrogen (secondary N) is 3. The summed E-state index contributed by atoms with van der Waals surface area (Å²) in [5.74, 6) is 0.285. The number of aryl methyl sites for hydroxylation is 2. The highest BCUT2D eigenvalue weighted by atomic mass is 15.1. The van der Waals surface area contributed by atoms with Crippen LogP contribution in [0.3, 0.4) is 0 Å². The van der Waals surface area contributed by atoms with E-state index in [2.05, 4.69) is 50.5 Å². The van der Waals surface area contributed by atoms with Crippen molar-refractivity contribution >= 4 is 17.3 Å². The third-order valence-corrected chi connectivity index (χ3v) is 3.73. The molecule has 0 aliphatic heterocycles. The van der Waals surface area contributed by atoms with Crippen LogP contribution in [0.4, 0.5) is 11.4 Å². The van der Waals surface area contributed by atoms with Crippen LogP contribution in [0.5, 0.6) is 0 Å². The number of anilines is 2. The normalized spacial score (nSPS) is 10.2. The van der Waals surface area contributed by atoms with Crippen molar-refractivity contribution in [3.8, 4) is 0 Å². The van der Waals surface area contributed by atoms with Crippen molar-refractivity contribution < 1.29 is 0 Å². The van der Waals surface area contributed by atoms with Gasteiger partial charge >= 0.3 is 0 Å². The van der Waals surface area contributed by atoms with Crippen molar-refractivity contribution in [3.05, 3.63) is 58.7 Å². The highest BCUT2D eigenvalue weighted by molar-refractivity contribution is 6.02. The maximum atomic E-state index is 8.08. The van der Waals surface area contributed by atoms with Crippen molar-refractivity contribution in [1.29, 1.82) is 5.41 Å². The molecule has 0 fully saturated rings. The van der Waals surface area contributed by atoms with Crippen LogP contribution < -0.4 is 10.6 Å². The maximum absolute atomic E-state index is 8.08. The van der Waals surface area contributed by atoms with Gasteiger partial charge in [-0.1, -0.05) is 24.3 Å². The molecule has 3 N–H and O–H groups in total. The van der Waals surface area contributed by atoms with E-state index in [9.17, 15) is 0 Å². The van der Waals surface area contributed by atoms with Gasteiger partial charge in [0.05, 0.1) is 0 Å². The molecular weight excluding hydrogens is 246 g/mol. The van der Waals surface area contributed by atoms with Crippen LogP contribution in [0.2, 0.25) is 0 Å². The molecule has 0 saturated carbocycles. The Morgan fingerprint density at radius 2 is 1.15 bits per heavy atom. The Morgan fingerprint density at radius 3 is 1.55 bits per heavy atom. The average Bonchev–Trinajstić information content (AvgIpc) is 2.40. The fraction of sp³-hybridized carbons (Fsp3) is 0.235. The van der Waals surface area contributed by atoms with E-state index in [0.29, 0.717) is 0 Å². The van der Waals surface area contributed by atoms with Crippen LogP contribution in [0.1, 0.15) is 22.3 Å². The topological polar surface area (TPSA) is 47.9 Å². The van der Waals surface area contributed by atoms with E-state index in [4.69, 9.17) is 5.41 Å². The van der Waals surface area contributed by atoms with E-state index in [1.54, 1.807) is 0 Å². The number of rotatable bonds is 2. The predicted molar refractivity (Wildman–Crippen MR) is 86.8 cm³/mol. The second-order valence-corrected chi connectivity index (χ2v) is 5.12. The molecule has 2 aromatic carbocycles. The summed E-state index contributed by atoms with van der Waals surface area (Å²) in [5, 5.41) is 14.3. The molecule has 0 saturated heterocycles. The molecule has 20 heavy (non-hydrogen) atoms. The molecule has 0 aliphatic rings. The van der Waals surface area contributed by atoms with Gasteiger partial charge in [0.15, 0.2) is 5.96 Å². The first-order chi connectivity index (χ1) is 9.49. The zero-order valence-electron chi connectivity index (χ0n) is 12.5. The maximum Gasteiger partial charge on any atom is 0.197 e. The van der Waals surface area contributed by atoms with E-state index < -0.39 is 0 Å². The second kappa shape index (κ2) is 5.78. The molecule has 104 valence electrons. The van der Waals surface area contributed by atoms with E-state index in [1.165, 1.54) is 22.3 Å². The third kappa shape index (κ3) is 2.99. The van der Waals surface area contributed by atoms with Gasteiger partial charge in [0.1, 0.15) is 0 Å². The van der Waals surface area contributed by atoms with Gasteiger partial charge in [-0.2, -0.15) is 0 Å². The van der Waals surface area contributed by atoms with Crippen LogP contribution >= 0.6 is 0 Å². The van der Waals surface area contributed by atoms with Crippen LogP contribution in [0, 0.1) is 33.1 Å². The molecule has 0 atom stereocenters. The average molecular weight is 267 g/mol. The van der Waals surface area contributed by atoms with E-state index in [1.807, 2.05) is 24.3 Å². The van der Waals surface area contributed by atoms with Gasteiger partial charge in [-0.05, 0) is 62.1 Å². The van der Waals surface area contributed by atoms with Crippen LogP contribution in [0.15, 0.2) is 36.4 Å². The Kier molecular flexibility index (Phi) is 4.08. The Labute approximate surface area is 120 Å². The highest BCUT2D eigenvalue weighted by Crippen LogP contribution is 2.20. The molecule has 0 heterocycles. The smallest absolute Gasteiger partial charge is 0.197 e. The fourth-order valence-electron chi connectivity index (χ4n) is 2.07. The lowest BCUT2D eigenvalue weighted by Gasteiger charge is -2.15. The standard InChI is InChI=1S/C17H21N3/c1-11-7-5-9-15(13(11)3)19-17(18)20-16-10-6-8-12(2)14(16)4/h5-10H,1-4H3,(H3,18,19,20). The van der Waals surface area contributed by atoms with Crippen molar-refractivity contribution in [2.24, 2.45) is 0 Å². The van der Waals surface area contributed by atoms with Crippen molar-refractivity contribution in [2.75, 3.05) is 10.6 Å². The van der Waals surface area contributed by atoms with Crippen molar-refractivity contribution in [2.45, 2.75) is 27.7 Å². The molecule has 0 aliphatic carbocycles. The SMILES string of the molecule is Cc1cccc(NC(=N)Nc2cccc(C)c2C)c1C. The fourth-order valence-corrected chi connectivity index (χ4v) is 2.07. The molecule has 2 aromatic rings. The van der Waals surface area contributed by atoms with E-state index >= 15 is 0 Å². The van der Waals surface area contributed by atoms with Crippen LogP contribution in [0.25, 0.3) is 0 Å². The van der Waals surface area contributed by atoms with Crippen LogP contribution in [-0.4, -0.2) is 5.96 Å². The van der Waals surface area contributed by atoms with E-state index in [-0.39, 0.29) is 5.96 Å². The van der Waals surface area contributed by atoms with Crippen molar-refractivity contribution in [3.63, 3.8) is 0 Å². The summed E-state index contributed by atoms with van der Waals surface area (Å²) in [4.78, 5) is 0. The van der Waals surface area contributed by atoms with Gasteiger partial charge in [-0.15, -0.1) is 0 Å². The molecule has 3 heteroatoms. The minimum absolute atomic E-state index is 0.285. The molecule has 0 radical (unpaired) electrons. The molecular formula is C17H21N3. The van der Waals surface area contributed by atoms with Gasteiger partial charge in [0, 0.05) is 11.4 Å². The summed E-state index contributed by atoms with van der Waals surface area (Å²) in [6.07, 6.45) is 0. The molecule has 2 rings (SSSR count). The second-order valence-electron chi connectivity index (χ2n) is 5.12. The Balaban J connectivity index is 2.13. The molecule has 0 amide bonds. The molecule has 3 nitrogen and oxygen atoms in total. The minimum Gasteiger partial charge on any atom is -0.326 e. The largest absolute Gasteiger partial charge is 0.326 e. The monoisotopic (exact) mass is 267 g/mol. The Hall–Kier alpha value is -2.29. The molecule has 0 unspecified atom stereocenters. The molecule has 0 aromatic heterocycles. The molecule has 0 bridgehead atoms. The lowest BCUT2D eigenvalue weighted by molar-refractivity contribution is 1.31. The summed E-state index contributed by atoms with van der Waals surface area (Å²) >= 11 is 0. The summed E-state index contributed by atoms with van der Waals surface area (Å²) < 4.78 is 0. The number of hydrogen-bond donors (Lipinski definition) is 3. The summed E-state index contributed by atoms with van der Waals surface area (Å²) in [6.45, 7) is 8.26. The first kappa shape index (κ1) is 14.1. The predicted octanol–water partition coefficient (Wildman–Crippen LogP) is 4.38. The van der Waals surface area contributed by atoms with Gasteiger partial charge in [0.25, 0.3) is 0 Å². The zero-order valence-corrected chi connectivity index (χ0v) is 12.5. The first-order valence-electron chi connectivity index (χ1n) is 6.74. The lowest BCUT2D eigenvalue weighted by atomic mass is 10.1. The number of guanidine groups is 1. The third-order valence-electron chi connectivity index (χ3n) is 3.73. The van der Waals surface area contributed by atoms with E-state index in [0.717, 1.165) is 11.4 Å². The van der Waals surface area contributed by atoms with Crippen LogP contribution in [-0.2, 0) is 0 Å². The molecule has 0 spiro atoms. The quantitative estimate of drug-likeness (QED) is 0.558. The van der Waals surface area contributed by atoms with Gasteiger partial charge in [0.2, 0.25) is 0 Å². The summed E-state index contributed by atoms with van der Waals surface area (Å²) in [6, 6.07) is 12.1. The summed E-state index contributed by atoms with van der Waals surface area (Å²) in [5.41, 5.74) is 6.70. The Bertz CT molecular complexity index is 589. The van der Waals surface area contributed by atoms with Crippen molar-refractivity contribution in [1.82, 2.24) is 0 Å². The zero-order chi connectivity index (χ0) is 14.7. The van der Waals surface area contributed by atoms with Gasteiger partial charge in [-0.25, -0.2) is 0 Å². The summed E-state index contributed by atoms with van der Waals surface area (Å²) in [7, 11) is 0. The lowest BCUT2D eigenvalue weighted by Crippen LogP contribution is -2.21. The highest BCUT2D eigenvalue weighted by Gasteiger charge is 2.05. The number of benzene rings is 2. The Morgan fingerprint density at radius 1 is 0.750 bits per heavy atom. The minimum atomic E-state index is 0.285. The first-order valence-corrected chi connectivity index (χ1v) is 6.74. The van der Waals surface area contributed by atoms with Gasteiger partial charge < -0.3 is 10.6 Å². The van der Waals surface area contributed by atoms with Gasteiger partial charge in [-0.3, -0.25) is 5.41 Å². The number of hydrogen-bond acceptors (Lipinski definition) is 1.